The number of ether oxygens (including phenoxy) is 1. The van der Waals surface area contributed by atoms with Gasteiger partial charge in [0.05, 0.1) is 6.61 Å². The Hall–Kier alpha value is -2.56. The zero-order valence-corrected chi connectivity index (χ0v) is 17.3. The Kier molecular flexibility index (Phi) is 5.48. The maximum Gasteiger partial charge on any atom is 0.326 e. The van der Waals surface area contributed by atoms with Crippen molar-refractivity contribution in [3.8, 4) is 0 Å². The molecule has 0 aliphatic carbocycles. The molecule has 3 aromatic rings. The van der Waals surface area contributed by atoms with Crippen LogP contribution in [0.25, 0.3) is 10.8 Å². The van der Waals surface area contributed by atoms with Crippen molar-refractivity contribution in [1.82, 2.24) is 0 Å². The quantitative estimate of drug-likeness (QED) is 0.510. The molecule has 0 fully saturated rings. The van der Waals surface area contributed by atoms with Gasteiger partial charge in [0.15, 0.2) is 0 Å². The van der Waals surface area contributed by atoms with Gasteiger partial charge in [0, 0.05) is 28.1 Å². The first-order valence-corrected chi connectivity index (χ1v) is 10.2. The lowest BCUT2D eigenvalue weighted by Gasteiger charge is -2.35. The van der Waals surface area contributed by atoms with E-state index in [2.05, 4.69) is 0 Å². The molecule has 1 heterocycles. The van der Waals surface area contributed by atoms with E-state index in [0.717, 1.165) is 21.9 Å². The van der Waals surface area contributed by atoms with Gasteiger partial charge in [-0.05, 0) is 47.0 Å². The summed E-state index contributed by atoms with van der Waals surface area (Å²) in [4.78, 5) is 26.7. The summed E-state index contributed by atoms with van der Waals surface area (Å²) in [6, 6.07) is 17.2. The Morgan fingerprint density at radius 2 is 1.93 bits per heavy atom. The van der Waals surface area contributed by atoms with Crippen LogP contribution in [0.15, 0.2) is 54.6 Å². The highest BCUT2D eigenvalue weighted by Gasteiger charge is 2.35. The molecular formula is C23H19Cl2NO3. The van der Waals surface area contributed by atoms with Crippen molar-refractivity contribution < 1.29 is 14.3 Å². The second-order valence-corrected chi connectivity index (χ2v) is 7.77. The Balaban J connectivity index is 1.91. The summed E-state index contributed by atoms with van der Waals surface area (Å²) < 4.78 is 5.07. The van der Waals surface area contributed by atoms with Crippen molar-refractivity contribution in [2.24, 2.45) is 0 Å². The lowest BCUT2D eigenvalue weighted by Crippen LogP contribution is -2.41. The van der Waals surface area contributed by atoms with Crippen molar-refractivity contribution in [1.29, 1.82) is 0 Å². The van der Waals surface area contributed by atoms with Gasteiger partial charge in [0.1, 0.15) is 6.54 Å². The summed E-state index contributed by atoms with van der Waals surface area (Å²) in [5, 5.41) is 3.16. The molecule has 0 saturated carbocycles. The largest absolute Gasteiger partial charge is 0.465 e. The molecule has 1 unspecified atom stereocenters. The molecule has 1 aliphatic heterocycles. The number of carbonyl (C=O) groups excluding carboxylic acids is 2. The minimum atomic E-state index is -0.428. The molecule has 0 radical (unpaired) electrons. The molecule has 1 amide bonds. The smallest absolute Gasteiger partial charge is 0.326 e. The number of nitrogens with zero attached hydrogens (tertiary/aromatic N) is 1. The molecule has 4 rings (SSSR count). The van der Waals surface area contributed by atoms with E-state index >= 15 is 0 Å². The Labute approximate surface area is 179 Å². The molecule has 0 N–H and O–H groups in total. The van der Waals surface area contributed by atoms with Crippen LogP contribution in [-0.2, 0) is 14.3 Å². The van der Waals surface area contributed by atoms with E-state index in [1.807, 2.05) is 42.5 Å². The minimum Gasteiger partial charge on any atom is -0.465 e. The van der Waals surface area contributed by atoms with Gasteiger partial charge in [-0.2, -0.15) is 0 Å². The molecule has 0 aromatic heterocycles. The Morgan fingerprint density at radius 1 is 1.14 bits per heavy atom. The molecular weight excluding hydrogens is 409 g/mol. The molecule has 0 saturated heterocycles. The predicted molar refractivity (Wildman–Crippen MR) is 116 cm³/mol. The molecule has 148 valence electrons. The van der Waals surface area contributed by atoms with Crippen LogP contribution < -0.4 is 4.90 Å². The summed E-state index contributed by atoms with van der Waals surface area (Å²) in [5.74, 6) is -0.799. The molecule has 29 heavy (non-hydrogen) atoms. The number of carbonyl (C=O) groups is 2. The summed E-state index contributed by atoms with van der Waals surface area (Å²) in [6.45, 7) is 1.91. The van der Waals surface area contributed by atoms with Gasteiger partial charge >= 0.3 is 5.97 Å². The highest BCUT2D eigenvalue weighted by molar-refractivity contribution is 6.35. The zero-order chi connectivity index (χ0) is 20.5. The second kappa shape index (κ2) is 8.05. The van der Waals surface area contributed by atoms with E-state index in [1.165, 1.54) is 4.90 Å². The summed E-state index contributed by atoms with van der Waals surface area (Å²) in [7, 11) is 0. The maximum atomic E-state index is 13.0. The van der Waals surface area contributed by atoms with Crippen LogP contribution >= 0.6 is 23.2 Å². The summed E-state index contributed by atoms with van der Waals surface area (Å²) >= 11 is 12.6. The van der Waals surface area contributed by atoms with E-state index in [0.29, 0.717) is 15.7 Å². The maximum absolute atomic E-state index is 13.0. The first-order valence-electron chi connectivity index (χ1n) is 9.42. The minimum absolute atomic E-state index is 0.112. The zero-order valence-electron chi connectivity index (χ0n) is 15.8. The average molecular weight is 428 g/mol. The fourth-order valence-electron chi connectivity index (χ4n) is 3.97. The van der Waals surface area contributed by atoms with Crippen molar-refractivity contribution >= 4 is 51.5 Å². The van der Waals surface area contributed by atoms with Gasteiger partial charge in [-0.25, -0.2) is 0 Å². The van der Waals surface area contributed by atoms with Crippen molar-refractivity contribution in [3.63, 3.8) is 0 Å². The van der Waals surface area contributed by atoms with Crippen LogP contribution in [0.2, 0.25) is 10.0 Å². The molecule has 6 heteroatoms. The summed E-state index contributed by atoms with van der Waals surface area (Å²) in [5.41, 5.74) is 2.54. The van der Waals surface area contributed by atoms with Crippen LogP contribution in [-0.4, -0.2) is 25.0 Å². The van der Waals surface area contributed by atoms with Crippen LogP contribution in [0.1, 0.15) is 30.4 Å². The van der Waals surface area contributed by atoms with Crippen LogP contribution in [0, 0.1) is 0 Å². The first-order chi connectivity index (χ1) is 14.0. The lowest BCUT2D eigenvalue weighted by atomic mass is 9.81. The Morgan fingerprint density at radius 3 is 2.69 bits per heavy atom. The highest BCUT2D eigenvalue weighted by Crippen LogP contribution is 2.45. The number of hydrogen-bond donors (Lipinski definition) is 0. The van der Waals surface area contributed by atoms with Gasteiger partial charge < -0.3 is 9.64 Å². The molecule has 1 aliphatic rings. The Bertz CT molecular complexity index is 1110. The van der Waals surface area contributed by atoms with Crippen molar-refractivity contribution in [2.75, 3.05) is 18.1 Å². The van der Waals surface area contributed by atoms with Crippen LogP contribution in [0.4, 0.5) is 5.69 Å². The fourth-order valence-corrected chi connectivity index (χ4v) is 4.51. The van der Waals surface area contributed by atoms with E-state index in [4.69, 9.17) is 27.9 Å². The highest BCUT2D eigenvalue weighted by atomic mass is 35.5. The average Bonchev–Trinajstić information content (AvgIpc) is 2.70. The van der Waals surface area contributed by atoms with Crippen LogP contribution in [0.3, 0.4) is 0 Å². The number of amides is 1. The number of anilines is 1. The SMILES string of the molecule is CCOC(=O)CN1C(=O)CC(c2ccc(Cl)cc2Cl)c2c1ccc1ccccc21. The molecule has 4 nitrogen and oxygen atoms in total. The van der Waals surface area contributed by atoms with E-state index in [1.54, 1.807) is 19.1 Å². The normalized spacial score (nSPS) is 16.0. The van der Waals surface area contributed by atoms with Crippen LogP contribution in [0.5, 0.6) is 0 Å². The third-order valence-electron chi connectivity index (χ3n) is 5.20. The number of rotatable bonds is 4. The molecule has 1 atom stereocenters. The van der Waals surface area contributed by atoms with Gasteiger partial charge in [-0.15, -0.1) is 0 Å². The number of hydrogen-bond acceptors (Lipinski definition) is 3. The number of halogens is 2. The summed E-state index contributed by atoms with van der Waals surface area (Å²) in [6.07, 6.45) is 0.210. The van der Waals surface area contributed by atoms with Gasteiger partial charge in [0.25, 0.3) is 0 Å². The van der Waals surface area contributed by atoms with Gasteiger partial charge in [-0.1, -0.05) is 59.6 Å². The first kappa shape index (κ1) is 19.7. The number of fused-ring (bicyclic) bond motifs is 3. The fraction of sp³-hybridized carbons (Fsp3) is 0.217. The van der Waals surface area contributed by atoms with E-state index < -0.39 is 5.97 Å². The predicted octanol–water partition coefficient (Wildman–Crippen LogP) is 5.58. The monoisotopic (exact) mass is 427 g/mol. The van der Waals surface area contributed by atoms with Crippen molar-refractivity contribution in [2.45, 2.75) is 19.3 Å². The third-order valence-corrected chi connectivity index (χ3v) is 5.76. The van der Waals surface area contributed by atoms with E-state index in [9.17, 15) is 9.59 Å². The molecule has 0 spiro atoms. The third kappa shape index (κ3) is 3.70. The van der Waals surface area contributed by atoms with E-state index in [-0.39, 0.29) is 31.4 Å². The van der Waals surface area contributed by atoms with Gasteiger partial charge in [0.2, 0.25) is 5.91 Å². The second-order valence-electron chi connectivity index (χ2n) is 6.93. The van der Waals surface area contributed by atoms with Crippen molar-refractivity contribution in [3.05, 3.63) is 75.8 Å². The molecule has 3 aromatic carbocycles. The number of esters is 1. The lowest BCUT2D eigenvalue weighted by molar-refractivity contribution is -0.142. The topological polar surface area (TPSA) is 46.6 Å². The standard InChI is InChI=1S/C23H19Cl2NO3/c1-2-29-22(28)13-26-20-10-7-14-5-3-4-6-16(14)23(20)18(12-21(26)27)17-9-8-15(24)11-19(17)25/h3-11,18H,2,12-13H2,1H3. The molecule has 0 bridgehead atoms. The van der Waals surface area contributed by atoms with Gasteiger partial charge in [-0.3, -0.25) is 9.59 Å². The number of benzene rings is 3.